The topological polar surface area (TPSA) is 61.4 Å². The molecule has 29 heavy (non-hydrogen) atoms. The van der Waals surface area contributed by atoms with Crippen LogP contribution in [0.2, 0.25) is 0 Å². The summed E-state index contributed by atoms with van der Waals surface area (Å²) < 4.78 is 26.6. The summed E-state index contributed by atoms with van der Waals surface area (Å²) in [5.41, 5.74) is -0.160. The van der Waals surface area contributed by atoms with E-state index in [4.69, 9.17) is 0 Å². The largest absolute Gasteiger partial charge is 0.354 e. The molecule has 160 valence electrons. The van der Waals surface area contributed by atoms with Crippen LogP contribution in [0, 0.1) is 11.6 Å². The molecule has 2 N–H and O–H groups in total. The zero-order valence-electron chi connectivity index (χ0n) is 16.9. The Bertz CT molecular complexity index is 714. The number of carbonyl (C=O) groups excluding carboxylic acids is 2. The van der Waals surface area contributed by atoms with Gasteiger partial charge in [-0.15, -0.1) is 0 Å². The lowest BCUT2D eigenvalue weighted by atomic mass is 9.79. The summed E-state index contributed by atoms with van der Waals surface area (Å²) in [6.07, 6.45) is 9.76. The monoisotopic (exact) mass is 407 g/mol. The van der Waals surface area contributed by atoms with Crippen molar-refractivity contribution >= 4 is 11.8 Å². The second kappa shape index (κ2) is 10.1. The molecule has 1 heterocycles. The maximum absolute atomic E-state index is 13.6. The van der Waals surface area contributed by atoms with E-state index in [0.29, 0.717) is 12.6 Å². The Kier molecular flexibility index (Phi) is 7.58. The number of likely N-dealkylation sites (tertiary alicyclic amines) is 1. The molecule has 0 radical (unpaired) electrons. The van der Waals surface area contributed by atoms with Gasteiger partial charge in [0.1, 0.15) is 11.6 Å². The molecular formula is C22H31F2N3O2. The zero-order chi connectivity index (χ0) is 20.7. The third-order valence-electron chi connectivity index (χ3n) is 6.24. The SMILES string of the molecule is O=C(CCNC(=O)c1ccc(F)cc1F)NCC1(N2CCCCC2)CCCCC1. The van der Waals surface area contributed by atoms with Gasteiger partial charge in [0, 0.05) is 31.1 Å². The minimum Gasteiger partial charge on any atom is -0.354 e. The van der Waals surface area contributed by atoms with Crippen LogP contribution in [0.15, 0.2) is 18.2 Å². The van der Waals surface area contributed by atoms with Crippen LogP contribution in [0.5, 0.6) is 0 Å². The van der Waals surface area contributed by atoms with Crippen molar-refractivity contribution in [3.8, 4) is 0 Å². The Balaban J connectivity index is 1.46. The van der Waals surface area contributed by atoms with Gasteiger partial charge in [0.15, 0.2) is 0 Å². The predicted octanol–water partition coefficient (Wildman–Crippen LogP) is 3.39. The van der Waals surface area contributed by atoms with Crippen molar-refractivity contribution < 1.29 is 18.4 Å². The van der Waals surface area contributed by atoms with Crippen LogP contribution in [0.25, 0.3) is 0 Å². The fourth-order valence-electron chi connectivity index (χ4n) is 4.59. The van der Waals surface area contributed by atoms with E-state index in [-0.39, 0.29) is 30.0 Å². The fourth-order valence-corrected chi connectivity index (χ4v) is 4.59. The average molecular weight is 408 g/mol. The lowest BCUT2D eigenvalue weighted by Crippen LogP contribution is -2.58. The van der Waals surface area contributed by atoms with Crippen LogP contribution >= 0.6 is 0 Å². The second-order valence-electron chi connectivity index (χ2n) is 8.24. The number of nitrogens with one attached hydrogen (secondary N) is 2. The maximum atomic E-state index is 13.6. The predicted molar refractivity (Wildman–Crippen MR) is 108 cm³/mol. The van der Waals surface area contributed by atoms with Crippen molar-refractivity contribution in [3.05, 3.63) is 35.4 Å². The fraction of sp³-hybridized carbons (Fsp3) is 0.636. The highest BCUT2D eigenvalue weighted by molar-refractivity contribution is 5.94. The number of piperidine rings is 1. The molecule has 1 aliphatic carbocycles. The first-order valence-corrected chi connectivity index (χ1v) is 10.8. The second-order valence-corrected chi connectivity index (χ2v) is 8.24. The van der Waals surface area contributed by atoms with Crippen LogP contribution in [0.4, 0.5) is 8.78 Å². The molecule has 1 saturated heterocycles. The number of benzene rings is 1. The summed E-state index contributed by atoms with van der Waals surface area (Å²) in [4.78, 5) is 26.9. The number of rotatable bonds is 7. The van der Waals surface area contributed by atoms with E-state index < -0.39 is 17.5 Å². The number of carbonyl (C=O) groups is 2. The van der Waals surface area contributed by atoms with Gasteiger partial charge in [0.2, 0.25) is 5.91 Å². The van der Waals surface area contributed by atoms with Crippen molar-refractivity contribution in [3.63, 3.8) is 0 Å². The number of hydrogen-bond donors (Lipinski definition) is 2. The summed E-state index contributed by atoms with van der Waals surface area (Å²) in [6.45, 7) is 2.97. The molecule has 0 atom stereocenters. The molecule has 1 aromatic carbocycles. The molecule has 1 aliphatic heterocycles. The summed E-state index contributed by atoms with van der Waals surface area (Å²) in [5.74, 6) is -2.41. The Morgan fingerprint density at radius 2 is 1.66 bits per heavy atom. The molecule has 7 heteroatoms. The number of halogens is 2. The highest BCUT2D eigenvalue weighted by atomic mass is 19.1. The molecule has 5 nitrogen and oxygen atoms in total. The normalized spacial score (nSPS) is 19.5. The van der Waals surface area contributed by atoms with E-state index >= 15 is 0 Å². The summed E-state index contributed by atoms with van der Waals surface area (Å²) in [7, 11) is 0. The molecule has 0 aromatic heterocycles. The Labute approximate surface area is 171 Å². The van der Waals surface area contributed by atoms with Crippen LogP contribution < -0.4 is 10.6 Å². The Morgan fingerprint density at radius 3 is 2.34 bits per heavy atom. The van der Waals surface area contributed by atoms with E-state index in [1.807, 2.05) is 0 Å². The molecule has 2 aliphatic rings. The van der Waals surface area contributed by atoms with E-state index in [1.54, 1.807) is 0 Å². The van der Waals surface area contributed by atoms with Crippen LogP contribution in [0.1, 0.15) is 68.1 Å². The van der Waals surface area contributed by atoms with E-state index in [2.05, 4.69) is 15.5 Å². The molecule has 0 bridgehead atoms. The van der Waals surface area contributed by atoms with Gasteiger partial charge in [-0.3, -0.25) is 14.5 Å². The average Bonchev–Trinajstić information content (AvgIpc) is 2.73. The molecule has 3 rings (SSSR count). The van der Waals surface area contributed by atoms with Crippen molar-refractivity contribution in [2.75, 3.05) is 26.2 Å². The lowest BCUT2D eigenvalue weighted by molar-refractivity contribution is -0.122. The molecular weight excluding hydrogens is 376 g/mol. The molecule has 2 amide bonds. The first-order chi connectivity index (χ1) is 14.0. The third kappa shape index (κ3) is 5.75. The van der Waals surface area contributed by atoms with E-state index in [1.165, 1.54) is 38.5 Å². The first kappa shape index (κ1) is 21.7. The number of amides is 2. The van der Waals surface area contributed by atoms with Gasteiger partial charge in [0.25, 0.3) is 5.91 Å². The highest BCUT2D eigenvalue weighted by Crippen LogP contribution is 2.35. The zero-order valence-corrected chi connectivity index (χ0v) is 16.9. The Morgan fingerprint density at radius 1 is 0.966 bits per heavy atom. The van der Waals surface area contributed by atoms with E-state index in [0.717, 1.165) is 38.1 Å². The number of nitrogens with zero attached hydrogens (tertiary/aromatic N) is 1. The molecule has 0 unspecified atom stereocenters. The summed E-state index contributed by atoms with van der Waals surface area (Å²) >= 11 is 0. The first-order valence-electron chi connectivity index (χ1n) is 10.8. The molecule has 1 saturated carbocycles. The highest BCUT2D eigenvalue weighted by Gasteiger charge is 2.38. The maximum Gasteiger partial charge on any atom is 0.254 e. The summed E-state index contributed by atoms with van der Waals surface area (Å²) in [6, 6.07) is 2.81. The standard InChI is InChI=1S/C22H31F2N3O2/c23-17-7-8-18(19(24)15-17)21(29)25-12-9-20(28)26-16-22(10-3-1-4-11-22)27-13-5-2-6-14-27/h7-8,15H,1-6,9-14,16H2,(H,25,29)(H,26,28). The quantitative estimate of drug-likeness (QED) is 0.728. The Hall–Kier alpha value is -2.02. The van der Waals surface area contributed by atoms with Crippen molar-refractivity contribution in [2.45, 2.75) is 63.3 Å². The van der Waals surface area contributed by atoms with Gasteiger partial charge < -0.3 is 10.6 Å². The van der Waals surface area contributed by atoms with Gasteiger partial charge in [0.05, 0.1) is 5.56 Å². The summed E-state index contributed by atoms with van der Waals surface area (Å²) in [5, 5.41) is 5.60. The van der Waals surface area contributed by atoms with Crippen molar-refractivity contribution in [1.29, 1.82) is 0 Å². The minimum atomic E-state index is -0.910. The van der Waals surface area contributed by atoms with Gasteiger partial charge >= 0.3 is 0 Å². The smallest absolute Gasteiger partial charge is 0.254 e. The van der Waals surface area contributed by atoms with Gasteiger partial charge in [-0.05, 0) is 50.9 Å². The van der Waals surface area contributed by atoms with Gasteiger partial charge in [-0.1, -0.05) is 25.7 Å². The van der Waals surface area contributed by atoms with Crippen molar-refractivity contribution in [2.24, 2.45) is 0 Å². The molecule has 0 spiro atoms. The van der Waals surface area contributed by atoms with Crippen LogP contribution in [-0.4, -0.2) is 48.4 Å². The lowest BCUT2D eigenvalue weighted by Gasteiger charge is -2.48. The third-order valence-corrected chi connectivity index (χ3v) is 6.24. The van der Waals surface area contributed by atoms with Crippen LogP contribution in [-0.2, 0) is 4.79 Å². The van der Waals surface area contributed by atoms with Crippen LogP contribution in [0.3, 0.4) is 0 Å². The molecule has 2 fully saturated rings. The minimum absolute atomic E-state index is 0.0643. The number of hydrogen-bond acceptors (Lipinski definition) is 3. The van der Waals surface area contributed by atoms with Gasteiger partial charge in [-0.25, -0.2) is 8.78 Å². The van der Waals surface area contributed by atoms with Crippen molar-refractivity contribution in [1.82, 2.24) is 15.5 Å². The van der Waals surface area contributed by atoms with E-state index in [9.17, 15) is 18.4 Å². The van der Waals surface area contributed by atoms with Gasteiger partial charge in [-0.2, -0.15) is 0 Å². The molecule has 1 aromatic rings.